The van der Waals surface area contributed by atoms with Crippen molar-refractivity contribution in [1.29, 1.82) is 0 Å². The molecule has 0 unspecified atom stereocenters. The molecule has 82 valence electrons. The molecule has 0 aliphatic heterocycles. The quantitative estimate of drug-likeness (QED) is 0.898. The number of ether oxygens (including phenoxy) is 1. The van der Waals surface area contributed by atoms with E-state index in [0.29, 0.717) is 11.6 Å². The number of rotatable bonds is 5. The van der Waals surface area contributed by atoms with E-state index in [-0.39, 0.29) is 0 Å². The van der Waals surface area contributed by atoms with Gasteiger partial charge in [0.05, 0.1) is 0 Å². The minimum Gasteiger partial charge on any atom is -0.488 e. The van der Waals surface area contributed by atoms with Crippen LogP contribution in [0.2, 0.25) is 5.02 Å². The Balaban J connectivity index is 2.80. The number of benzene rings is 1. The molecule has 1 aromatic carbocycles. The SMILES string of the molecule is C=C(Br)COc1ccc(Cl)cc1CNC. The molecule has 1 rings (SSSR count). The summed E-state index contributed by atoms with van der Waals surface area (Å²) in [6, 6.07) is 5.57. The first kappa shape index (κ1) is 12.6. The Bertz CT molecular complexity index is 354. The molecule has 1 N–H and O–H groups in total. The average Bonchev–Trinajstić information content (AvgIpc) is 2.17. The molecule has 0 heterocycles. The normalized spacial score (nSPS) is 10.1. The molecule has 0 atom stereocenters. The highest BCUT2D eigenvalue weighted by atomic mass is 79.9. The maximum atomic E-state index is 5.91. The fourth-order valence-electron chi connectivity index (χ4n) is 1.17. The van der Waals surface area contributed by atoms with Crippen LogP contribution in [0.25, 0.3) is 0 Å². The van der Waals surface area contributed by atoms with Gasteiger partial charge in [0.15, 0.2) is 0 Å². The maximum absolute atomic E-state index is 5.91. The van der Waals surface area contributed by atoms with Crippen LogP contribution >= 0.6 is 27.5 Å². The fraction of sp³-hybridized carbons (Fsp3) is 0.273. The molecule has 0 aliphatic carbocycles. The van der Waals surface area contributed by atoms with E-state index in [1.807, 2.05) is 25.2 Å². The molecule has 4 heteroatoms. The summed E-state index contributed by atoms with van der Waals surface area (Å²) in [7, 11) is 1.88. The van der Waals surface area contributed by atoms with Gasteiger partial charge in [-0.15, -0.1) is 0 Å². The lowest BCUT2D eigenvalue weighted by Crippen LogP contribution is -2.08. The van der Waals surface area contributed by atoms with Gasteiger partial charge in [-0.2, -0.15) is 0 Å². The van der Waals surface area contributed by atoms with E-state index >= 15 is 0 Å². The Hall–Kier alpha value is -0.510. The van der Waals surface area contributed by atoms with Crippen molar-refractivity contribution in [2.75, 3.05) is 13.7 Å². The second-order valence-electron chi connectivity index (χ2n) is 3.09. The first-order valence-corrected chi connectivity index (χ1v) is 5.69. The van der Waals surface area contributed by atoms with Crippen molar-refractivity contribution in [2.24, 2.45) is 0 Å². The lowest BCUT2D eigenvalue weighted by Gasteiger charge is -2.11. The summed E-state index contributed by atoms with van der Waals surface area (Å²) in [6.45, 7) is 4.90. The largest absolute Gasteiger partial charge is 0.488 e. The van der Waals surface area contributed by atoms with Gasteiger partial charge in [0, 0.05) is 21.6 Å². The summed E-state index contributed by atoms with van der Waals surface area (Å²) < 4.78 is 6.37. The lowest BCUT2D eigenvalue weighted by molar-refractivity contribution is 0.356. The van der Waals surface area contributed by atoms with Crippen LogP contribution in [0.5, 0.6) is 5.75 Å². The zero-order valence-electron chi connectivity index (χ0n) is 8.52. The molecule has 0 saturated carbocycles. The number of nitrogens with one attached hydrogen (secondary N) is 1. The molecule has 2 nitrogen and oxygen atoms in total. The van der Waals surface area contributed by atoms with E-state index in [2.05, 4.69) is 27.8 Å². The van der Waals surface area contributed by atoms with Gasteiger partial charge < -0.3 is 10.1 Å². The van der Waals surface area contributed by atoms with Gasteiger partial charge in [0.1, 0.15) is 12.4 Å². The van der Waals surface area contributed by atoms with E-state index in [1.54, 1.807) is 0 Å². The third-order valence-electron chi connectivity index (χ3n) is 1.77. The van der Waals surface area contributed by atoms with Gasteiger partial charge in [0.25, 0.3) is 0 Å². The minimum absolute atomic E-state index is 0.457. The van der Waals surface area contributed by atoms with Crippen LogP contribution in [0.15, 0.2) is 29.3 Å². The summed E-state index contributed by atoms with van der Waals surface area (Å²) in [4.78, 5) is 0. The first-order valence-electron chi connectivity index (χ1n) is 4.52. The van der Waals surface area contributed by atoms with Crippen LogP contribution in [-0.4, -0.2) is 13.7 Å². The van der Waals surface area contributed by atoms with Crippen LogP contribution in [-0.2, 0) is 6.54 Å². The van der Waals surface area contributed by atoms with Crippen molar-refractivity contribution >= 4 is 27.5 Å². The second-order valence-corrected chi connectivity index (χ2v) is 4.65. The molecular formula is C11H13BrClNO. The highest BCUT2D eigenvalue weighted by Gasteiger charge is 2.04. The highest BCUT2D eigenvalue weighted by Crippen LogP contribution is 2.23. The van der Waals surface area contributed by atoms with E-state index < -0.39 is 0 Å². The molecule has 1 aromatic rings. The van der Waals surface area contributed by atoms with Crippen LogP contribution in [0.1, 0.15) is 5.56 Å². The van der Waals surface area contributed by atoms with E-state index in [4.69, 9.17) is 16.3 Å². The van der Waals surface area contributed by atoms with Crippen LogP contribution < -0.4 is 10.1 Å². The van der Waals surface area contributed by atoms with Crippen molar-refractivity contribution in [2.45, 2.75) is 6.54 Å². The van der Waals surface area contributed by atoms with Crippen LogP contribution in [0.3, 0.4) is 0 Å². The highest BCUT2D eigenvalue weighted by molar-refractivity contribution is 9.11. The van der Waals surface area contributed by atoms with E-state index in [9.17, 15) is 0 Å². The number of hydrogen-bond donors (Lipinski definition) is 1. The molecule has 0 bridgehead atoms. The Kier molecular flexibility index (Phi) is 5.15. The number of hydrogen-bond acceptors (Lipinski definition) is 2. The summed E-state index contributed by atoms with van der Waals surface area (Å²) in [5, 5.41) is 3.78. The topological polar surface area (TPSA) is 21.3 Å². The van der Waals surface area contributed by atoms with Crippen molar-refractivity contribution in [1.82, 2.24) is 5.32 Å². The number of halogens is 2. The molecule has 0 saturated heterocycles. The lowest BCUT2D eigenvalue weighted by atomic mass is 10.2. The average molecular weight is 291 g/mol. The summed E-state index contributed by atoms with van der Waals surface area (Å²) in [6.07, 6.45) is 0. The summed E-state index contributed by atoms with van der Waals surface area (Å²) in [5.74, 6) is 0.828. The molecule has 0 spiro atoms. The summed E-state index contributed by atoms with van der Waals surface area (Å²) in [5.41, 5.74) is 1.04. The van der Waals surface area contributed by atoms with Gasteiger partial charge in [0.2, 0.25) is 0 Å². The molecule has 0 radical (unpaired) electrons. The molecule has 0 amide bonds. The fourth-order valence-corrected chi connectivity index (χ4v) is 1.48. The molecule has 15 heavy (non-hydrogen) atoms. The monoisotopic (exact) mass is 289 g/mol. The predicted octanol–water partition coefficient (Wildman–Crippen LogP) is 3.35. The maximum Gasteiger partial charge on any atom is 0.124 e. The van der Waals surface area contributed by atoms with Crippen LogP contribution in [0.4, 0.5) is 0 Å². The van der Waals surface area contributed by atoms with Gasteiger partial charge in [-0.1, -0.05) is 34.1 Å². The van der Waals surface area contributed by atoms with E-state index in [1.165, 1.54) is 0 Å². The molecule has 0 fully saturated rings. The van der Waals surface area contributed by atoms with Gasteiger partial charge in [-0.05, 0) is 25.2 Å². The standard InChI is InChI=1S/C11H13BrClNO/c1-8(12)7-15-11-4-3-10(13)5-9(11)6-14-2/h3-5,14H,1,6-7H2,2H3. The van der Waals surface area contributed by atoms with Crippen molar-refractivity contribution in [3.63, 3.8) is 0 Å². The van der Waals surface area contributed by atoms with Crippen LogP contribution in [0, 0.1) is 0 Å². The third kappa shape index (κ3) is 4.24. The van der Waals surface area contributed by atoms with Gasteiger partial charge in [-0.3, -0.25) is 0 Å². The van der Waals surface area contributed by atoms with E-state index in [0.717, 1.165) is 22.3 Å². The second kappa shape index (κ2) is 6.16. The third-order valence-corrected chi connectivity index (χ3v) is 2.24. The first-order chi connectivity index (χ1) is 7.13. The Morgan fingerprint density at radius 1 is 1.60 bits per heavy atom. The Morgan fingerprint density at radius 2 is 2.33 bits per heavy atom. The van der Waals surface area contributed by atoms with Crippen molar-refractivity contribution < 1.29 is 4.74 Å². The smallest absolute Gasteiger partial charge is 0.124 e. The summed E-state index contributed by atoms with van der Waals surface area (Å²) >= 11 is 9.15. The van der Waals surface area contributed by atoms with Crippen molar-refractivity contribution in [3.8, 4) is 5.75 Å². The predicted molar refractivity (Wildman–Crippen MR) is 67.8 cm³/mol. The Morgan fingerprint density at radius 3 is 2.93 bits per heavy atom. The molecule has 0 aromatic heterocycles. The van der Waals surface area contributed by atoms with Gasteiger partial charge >= 0.3 is 0 Å². The molecule has 0 aliphatic rings. The zero-order valence-corrected chi connectivity index (χ0v) is 10.9. The zero-order chi connectivity index (χ0) is 11.3. The van der Waals surface area contributed by atoms with Gasteiger partial charge in [-0.25, -0.2) is 0 Å². The molecular weight excluding hydrogens is 277 g/mol. The minimum atomic E-state index is 0.457. The van der Waals surface area contributed by atoms with Crippen molar-refractivity contribution in [3.05, 3.63) is 39.8 Å². The Labute approximate surface area is 103 Å².